The molecule has 0 bridgehead atoms. The van der Waals surface area contributed by atoms with Crippen LogP contribution in [0.4, 0.5) is 0 Å². The molecule has 3 N–H and O–H groups in total. The van der Waals surface area contributed by atoms with E-state index in [1.165, 1.54) is 12.8 Å². The van der Waals surface area contributed by atoms with Gasteiger partial charge in [0.2, 0.25) is 5.91 Å². The quantitative estimate of drug-likeness (QED) is 0.480. The maximum absolute atomic E-state index is 11.8. The first-order valence-corrected chi connectivity index (χ1v) is 8.24. The van der Waals surface area contributed by atoms with Crippen LogP contribution in [0.1, 0.15) is 60.3 Å². The van der Waals surface area contributed by atoms with Gasteiger partial charge in [-0.05, 0) is 33.1 Å². The topological polar surface area (TPSA) is 70.7 Å². The van der Waals surface area contributed by atoms with Crippen molar-refractivity contribution in [2.75, 3.05) is 19.6 Å². The van der Waals surface area contributed by atoms with Crippen molar-refractivity contribution in [1.29, 1.82) is 0 Å². The van der Waals surface area contributed by atoms with Gasteiger partial charge in [0.05, 0.1) is 6.54 Å². The van der Waals surface area contributed by atoms with Gasteiger partial charge in [0.1, 0.15) is 0 Å². The molecule has 0 heterocycles. The number of carbonyl (C=O) groups is 1. The van der Waals surface area contributed by atoms with Crippen LogP contribution in [0.15, 0.2) is 4.99 Å². The van der Waals surface area contributed by atoms with E-state index < -0.39 is 0 Å². The fraction of sp³-hybridized carbons (Fsp3) is 0.875. The molecule has 0 aliphatic heterocycles. The van der Waals surface area contributed by atoms with Gasteiger partial charge in [-0.25, -0.2) is 0 Å². The molecule has 5 heteroatoms. The second kappa shape index (κ2) is 11.4. The average molecular weight is 298 g/mol. The number of carbonyl (C=O) groups excluding carboxylic acids is 1. The van der Waals surface area contributed by atoms with E-state index in [0.29, 0.717) is 25.0 Å². The Balaban J connectivity index is 3.94. The molecule has 0 rings (SSSR count). The molecule has 0 fully saturated rings. The van der Waals surface area contributed by atoms with E-state index in [1.54, 1.807) is 0 Å². The van der Waals surface area contributed by atoms with E-state index >= 15 is 0 Å². The Labute approximate surface area is 130 Å². The number of aliphatic imine (C=N–C) groups is 1. The van der Waals surface area contributed by atoms with Gasteiger partial charge in [0, 0.05) is 25.6 Å². The van der Waals surface area contributed by atoms with E-state index in [-0.39, 0.29) is 5.91 Å². The zero-order chi connectivity index (χ0) is 16.3. The van der Waals surface area contributed by atoms with Gasteiger partial charge >= 0.3 is 0 Å². The molecule has 21 heavy (non-hydrogen) atoms. The molecular weight excluding hydrogens is 264 g/mol. The molecule has 0 aliphatic rings. The van der Waals surface area contributed by atoms with E-state index in [4.69, 9.17) is 5.73 Å². The van der Waals surface area contributed by atoms with Crippen LogP contribution in [-0.2, 0) is 4.79 Å². The average Bonchev–Trinajstić information content (AvgIpc) is 2.39. The molecule has 0 aromatic heterocycles. The zero-order valence-corrected chi connectivity index (χ0v) is 14.5. The minimum Gasteiger partial charge on any atom is -0.370 e. The van der Waals surface area contributed by atoms with Crippen molar-refractivity contribution in [2.24, 2.45) is 16.6 Å². The molecule has 0 aromatic carbocycles. The second-order valence-electron chi connectivity index (χ2n) is 5.95. The summed E-state index contributed by atoms with van der Waals surface area (Å²) in [5.41, 5.74) is 5.85. The molecule has 1 amide bonds. The molecule has 0 saturated carbocycles. The predicted molar refractivity (Wildman–Crippen MR) is 90.3 cm³/mol. The van der Waals surface area contributed by atoms with Gasteiger partial charge in [-0.15, -0.1) is 0 Å². The highest BCUT2D eigenvalue weighted by Crippen LogP contribution is 2.07. The fourth-order valence-corrected chi connectivity index (χ4v) is 2.21. The van der Waals surface area contributed by atoms with Crippen LogP contribution in [0, 0.1) is 5.92 Å². The van der Waals surface area contributed by atoms with Gasteiger partial charge in [0.25, 0.3) is 0 Å². The van der Waals surface area contributed by atoms with Crippen molar-refractivity contribution in [3.05, 3.63) is 0 Å². The maximum Gasteiger partial charge on any atom is 0.224 e. The lowest BCUT2D eigenvalue weighted by atomic mass is 10.0. The van der Waals surface area contributed by atoms with E-state index in [1.807, 2.05) is 18.7 Å². The highest BCUT2D eigenvalue weighted by molar-refractivity contribution is 5.79. The lowest BCUT2D eigenvalue weighted by molar-refractivity contribution is -0.130. The van der Waals surface area contributed by atoms with Gasteiger partial charge in [0.15, 0.2) is 5.96 Å². The second-order valence-corrected chi connectivity index (χ2v) is 5.95. The molecule has 1 unspecified atom stereocenters. The first kappa shape index (κ1) is 19.7. The van der Waals surface area contributed by atoms with Gasteiger partial charge < -0.3 is 16.0 Å². The number of hydrogen-bond acceptors (Lipinski definition) is 2. The third-order valence-electron chi connectivity index (χ3n) is 3.54. The van der Waals surface area contributed by atoms with Crippen LogP contribution in [0.5, 0.6) is 0 Å². The normalized spacial score (nSPS) is 13.3. The van der Waals surface area contributed by atoms with E-state index in [0.717, 1.165) is 25.4 Å². The first-order valence-electron chi connectivity index (χ1n) is 8.24. The summed E-state index contributed by atoms with van der Waals surface area (Å²) in [6.07, 6.45) is 3.94. The van der Waals surface area contributed by atoms with Gasteiger partial charge in [-0.3, -0.25) is 9.79 Å². The third-order valence-corrected chi connectivity index (χ3v) is 3.54. The SMILES string of the molecule is CCN(CC)C(=O)CCN=C(N)NC(C)CCCC(C)C. The minimum absolute atomic E-state index is 0.140. The molecule has 5 nitrogen and oxygen atoms in total. The van der Waals surface area contributed by atoms with E-state index in [9.17, 15) is 4.79 Å². The Hall–Kier alpha value is -1.26. The Morgan fingerprint density at radius 3 is 2.33 bits per heavy atom. The largest absolute Gasteiger partial charge is 0.370 e. The highest BCUT2D eigenvalue weighted by atomic mass is 16.2. The third kappa shape index (κ3) is 10.2. The van der Waals surface area contributed by atoms with Crippen molar-refractivity contribution in [1.82, 2.24) is 10.2 Å². The number of rotatable bonds is 10. The van der Waals surface area contributed by atoms with Crippen molar-refractivity contribution in [3.8, 4) is 0 Å². The number of amides is 1. The summed E-state index contributed by atoms with van der Waals surface area (Å²) in [6, 6.07) is 0.325. The maximum atomic E-state index is 11.8. The van der Waals surface area contributed by atoms with Crippen molar-refractivity contribution < 1.29 is 4.79 Å². The van der Waals surface area contributed by atoms with Crippen LogP contribution in [0.2, 0.25) is 0 Å². The Morgan fingerprint density at radius 2 is 1.81 bits per heavy atom. The summed E-state index contributed by atoms with van der Waals surface area (Å²) in [7, 11) is 0. The van der Waals surface area contributed by atoms with Crippen LogP contribution >= 0.6 is 0 Å². The summed E-state index contributed by atoms with van der Waals surface area (Å²) in [6.45, 7) is 12.5. The smallest absolute Gasteiger partial charge is 0.224 e. The summed E-state index contributed by atoms with van der Waals surface area (Å²) >= 11 is 0. The number of hydrogen-bond donors (Lipinski definition) is 2. The van der Waals surface area contributed by atoms with Gasteiger partial charge in [-0.1, -0.05) is 26.7 Å². The molecule has 0 radical (unpaired) electrons. The Morgan fingerprint density at radius 1 is 1.19 bits per heavy atom. The minimum atomic E-state index is 0.140. The monoisotopic (exact) mass is 298 g/mol. The number of nitrogens with one attached hydrogen (secondary N) is 1. The first-order chi connectivity index (χ1) is 9.90. The fourth-order valence-electron chi connectivity index (χ4n) is 2.21. The molecule has 124 valence electrons. The van der Waals surface area contributed by atoms with Crippen molar-refractivity contribution in [3.63, 3.8) is 0 Å². The summed E-state index contributed by atoms with van der Waals surface area (Å²) in [5.74, 6) is 1.33. The van der Waals surface area contributed by atoms with Crippen LogP contribution in [-0.4, -0.2) is 42.4 Å². The lowest BCUT2D eigenvalue weighted by Gasteiger charge is -2.18. The standard InChI is InChI=1S/C16H34N4O/c1-6-20(7-2)15(21)11-12-18-16(17)19-14(5)10-8-9-13(3)4/h13-14H,6-12H2,1-5H3,(H3,17,18,19). The molecule has 0 spiro atoms. The van der Waals surface area contributed by atoms with Crippen LogP contribution in [0.25, 0.3) is 0 Å². The van der Waals surface area contributed by atoms with E-state index in [2.05, 4.69) is 31.1 Å². The summed E-state index contributed by atoms with van der Waals surface area (Å²) in [4.78, 5) is 17.9. The van der Waals surface area contributed by atoms with Crippen LogP contribution < -0.4 is 11.1 Å². The molecule has 1 atom stereocenters. The molecule has 0 aromatic rings. The van der Waals surface area contributed by atoms with Crippen molar-refractivity contribution in [2.45, 2.75) is 66.3 Å². The summed E-state index contributed by atoms with van der Waals surface area (Å²) < 4.78 is 0. The predicted octanol–water partition coefficient (Wildman–Crippen LogP) is 2.36. The summed E-state index contributed by atoms with van der Waals surface area (Å²) in [5, 5.41) is 3.19. The van der Waals surface area contributed by atoms with Crippen molar-refractivity contribution >= 4 is 11.9 Å². The molecule has 0 aliphatic carbocycles. The molecular formula is C16H34N4O. The Kier molecular flexibility index (Phi) is 10.7. The number of nitrogens with two attached hydrogens (primary N) is 1. The number of guanidine groups is 1. The molecule has 0 saturated heterocycles. The van der Waals surface area contributed by atoms with Gasteiger partial charge in [-0.2, -0.15) is 0 Å². The number of nitrogens with zero attached hydrogens (tertiary/aromatic N) is 2. The lowest BCUT2D eigenvalue weighted by Crippen LogP contribution is -2.38. The highest BCUT2D eigenvalue weighted by Gasteiger charge is 2.08. The Bertz CT molecular complexity index is 311. The van der Waals surface area contributed by atoms with Crippen LogP contribution in [0.3, 0.4) is 0 Å². The zero-order valence-electron chi connectivity index (χ0n) is 14.5.